The Bertz CT molecular complexity index is 383. The van der Waals surface area contributed by atoms with E-state index in [1.807, 2.05) is 30.1 Å². The van der Waals surface area contributed by atoms with Crippen molar-refractivity contribution in [1.29, 1.82) is 0 Å². The summed E-state index contributed by atoms with van der Waals surface area (Å²) < 4.78 is 0. The fraction of sp³-hybridized carbons (Fsp3) is 0.417. The van der Waals surface area contributed by atoms with Gasteiger partial charge < -0.3 is 15.3 Å². The van der Waals surface area contributed by atoms with Crippen molar-refractivity contribution < 1.29 is 9.90 Å². The molecule has 0 heterocycles. The molecule has 0 radical (unpaired) electrons. The number of likely N-dealkylation sites (N-methyl/N-ethyl adjacent to an activating group) is 1. The summed E-state index contributed by atoms with van der Waals surface area (Å²) >= 11 is 5.67. The van der Waals surface area contributed by atoms with Gasteiger partial charge in [-0.1, -0.05) is 6.07 Å². The lowest BCUT2D eigenvalue weighted by Crippen LogP contribution is -2.22. The quantitative estimate of drug-likeness (QED) is 0.789. The highest BCUT2D eigenvalue weighted by molar-refractivity contribution is 6.32. The van der Waals surface area contributed by atoms with E-state index in [1.54, 1.807) is 13.0 Å². The molecule has 5 heteroatoms. The fourth-order valence-electron chi connectivity index (χ4n) is 1.34. The van der Waals surface area contributed by atoms with Gasteiger partial charge in [-0.15, -0.1) is 11.6 Å². The second kappa shape index (κ2) is 6.47. The lowest BCUT2D eigenvalue weighted by atomic mass is 10.2. The third kappa shape index (κ3) is 4.24. The van der Waals surface area contributed by atoms with Crippen molar-refractivity contribution in [2.45, 2.75) is 12.3 Å². The van der Waals surface area contributed by atoms with Crippen LogP contribution in [-0.4, -0.2) is 36.6 Å². The summed E-state index contributed by atoms with van der Waals surface area (Å²) in [7, 11) is 1.88. The van der Waals surface area contributed by atoms with Crippen LogP contribution in [0.5, 0.6) is 0 Å². The van der Waals surface area contributed by atoms with Crippen LogP contribution < -0.4 is 10.2 Å². The number of nitrogens with one attached hydrogen (secondary N) is 1. The van der Waals surface area contributed by atoms with Gasteiger partial charge in [0, 0.05) is 25.0 Å². The zero-order valence-corrected chi connectivity index (χ0v) is 10.7. The second-order valence-corrected chi connectivity index (χ2v) is 4.46. The van der Waals surface area contributed by atoms with Crippen molar-refractivity contribution in [3.63, 3.8) is 0 Å². The van der Waals surface area contributed by atoms with Crippen molar-refractivity contribution in [2.75, 3.05) is 30.4 Å². The molecule has 1 unspecified atom stereocenters. The number of benzene rings is 1. The molecule has 0 aromatic heterocycles. The van der Waals surface area contributed by atoms with Gasteiger partial charge in [-0.3, -0.25) is 4.79 Å². The molecule has 1 rings (SSSR count). The average molecular weight is 257 g/mol. The standard InChI is InChI=1S/C12H17ClN2O2/c1-9(13)12(17)14-10-4-3-5-11(8-10)15(2)6-7-16/h3-5,8-9,16H,6-7H2,1-2H3,(H,14,17). The van der Waals surface area contributed by atoms with Crippen molar-refractivity contribution in [2.24, 2.45) is 0 Å². The number of carbonyl (C=O) groups excluding carboxylic acids is 1. The first-order valence-corrected chi connectivity index (χ1v) is 5.85. The molecule has 1 atom stereocenters. The van der Waals surface area contributed by atoms with Gasteiger partial charge >= 0.3 is 0 Å². The van der Waals surface area contributed by atoms with E-state index in [9.17, 15) is 4.79 Å². The SMILES string of the molecule is CC(Cl)C(=O)Nc1cccc(N(C)CCO)c1. The number of carbonyl (C=O) groups is 1. The molecule has 17 heavy (non-hydrogen) atoms. The van der Waals surface area contributed by atoms with Crippen LogP contribution in [0.1, 0.15) is 6.92 Å². The Hall–Kier alpha value is -1.26. The smallest absolute Gasteiger partial charge is 0.242 e. The van der Waals surface area contributed by atoms with Crippen molar-refractivity contribution in [3.05, 3.63) is 24.3 Å². The van der Waals surface area contributed by atoms with E-state index in [2.05, 4.69) is 5.32 Å². The van der Waals surface area contributed by atoms with E-state index in [0.717, 1.165) is 5.69 Å². The van der Waals surface area contributed by atoms with Gasteiger partial charge in [-0.05, 0) is 25.1 Å². The fourth-order valence-corrected chi connectivity index (χ4v) is 1.40. The van der Waals surface area contributed by atoms with Crippen LogP contribution in [-0.2, 0) is 4.79 Å². The van der Waals surface area contributed by atoms with Crippen LogP contribution in [0.3, 0.4) is 0 Å². The zero-order chi connectivity index (χ0) is 12.8. The molecular weight excluding hydrogens is 240 g/mol. The molecule has 2 N–H and O–H groups in total. The molecule has 1 amide bonds. The highest BCUT2D eigenvalue weighted by Gasteiger charge is 2.09. The largest absolute Gasteiger partial charge is 0.395 e. The minimum Gasteiger partial charge on any atom is -0.395 e. The molecule has 1 aromatic rings. The average Bonchev–Trinajstić information content (AvgIpc) is 2.29. The van der Waals surface area contributed by atoms with E-state index in [1.165, 1.54) is 0 Å². The maximum atomic E-state index is 11.4. The maximum Gasteiger partial charge on any atom is 0.242 e. The number of amides is 1. The van der Waals surface area contributed by atoms with E-state index in [4.69, 9.17) is 16.7 Å². The number of rotatable bonds is 5. The summed E-state index contributed by atoms with van der Waals surface area (Å²) in [5.41, 5.74) is 1.63. The number of hydrogen-bond acceptors (Lipinski definition) is 3. The molecule has 1 aromatic carbocycles. The minimum atomic E-state index is -0.561. The Morgan fingerprint density at radius 1 is 1.59 bits per heavy atom. The minimum absolute atomic E-state index is 0.0891. The Kier molecular flexibility index (Phi) is 5.25. The normalized spacial score (nSPS) is 12.0. The summed E-state index contributed by atoms with van der Waals surface area (Å²) in [4.78, 5) is 13.3. The van der Waals surface area contributed by atoms with Crippen molar-refractivity contribution in [3.8, 4) is 0 Å². The third-order valence-corrected chi connectivity index (χ3v) is 2.55. The van der Waals surface area contributed by atoms with Crippen molar-refractivity contribution in [1.82, 2.24) is 0 Å². The van der Waals surface area contributed by atoms with Gasteiger partial charge in [0.1, 0.15) is 5.38 Å². The lowest BCUT2D eigenvalue weighted by Gasteiger charge is -2.18. The van der Waals surface area contributed by atoms with E-state index < -0.39 is 5.38 Å². The number of halogens is 1. The molecule has 94 valence electrons. The molecule has 4 nitrogen and oxygen atoms in total. The Morgan fingerprint density at radius 2 is 2.29 bits per heavy atom. The van der Waals surface area contributed by atoms with Crippen LogP contribution in [0, 0.1) is 0 Å². The maximum absolute atomic E-state index is 11.4. The van der Waals surface area contributed by atoms with Gasteiger partial charge in [0.15, 0.2) is 0 Å². The Balaban J connectivity index is 2.75. The molecule has 0 aliphatic carbocycles. The predicted molar refractivity (Wildman–Crippen MR) is 70.7 cm³/mol. The molecular formula is C12H17ClN2O2. The predicted octanol–water partition coefficient (Wildman–Crippen LogP) is 1.68. The highest BCUT2D eigenvalue weighted by Crippen LogP contribution is 2.18. The molecule has 0 spiro atoms. The summed E-state index contributed by atoms with van der Waals surface area (Å²) in [6.07, 6.45) is 0. The number of aliphatic hydroxyl groups is 1. The first-order chi connectivity index (χ1) is 8.04. The van der Waals surface area contributed by atoms with Gasteiger partial charge in [-0.2, -0.15) is 0 Å². The number of hydrogen-bond donors (Lipinski definition) is 2. The van der Waals surface area contributed by atoms with Gasteiger partial charge in [-0.25, -0.2) is 0 Å². The summed E-state index contributed by atoms with van der Waals surface area (Å²) in [5.74, 6) is -0.228. The number of aliphatic hydroxyl groups excluding tert-OH is 1. The third-order valence-electron chi connectivity index (χ3n) is 2.35. The summed E-state index contributed by atoms with van der Waals surface area (Å²) in [6, 6.07) is 7.40. The van der Waals surface area contributed by atoms with Crippen LogP contribution in [0.15, 0.2) is 24.3 Å². The van der Waals surface area contributed by atoms with E-state index >= 15 is 0 Å². The number of anilines is 2. The summed E-state index contributed by atoms with van der Waals surface area (Å²) in [5, 5.41) is 11.0. The van der Waals surface area contributed by atoms with Gasteiger partial charge in [0.25, 0.3) is 0 Å². The first-order valence-electron chi connectivity index (χ1n) is 5.41. The Morgan fingerprint density at radius 3 is 2.88 bits per heavy atom. The van der Waals surface area contributed by atoms with Crippen molar-refractivity contribution >= 4 is 28.9 Å². The van der Waals surface area contributed by atoms with E-state index in [-0.39, 0.29) is 12.5 Å². The van der Waals surface area contributed by atoms with E-state index in [0.29, 0.717) is 12.2 Å². The van der Waals surface area contributed by atoms with Crippen LogP contribution in [0.25, 0.3) is 0 Å². The molecule has 0 aliphatic rings. The van der Waals surface area contributed by atoms with Crippen LogP contribution in [0.2, 0.25) is 0 Å². The van der Waals surface area contributed by atoms with Gasteiger partial charge in [0.2, 0.25) is 5.91 Å². The first kappa shape index (κ1) is 13.8. The number of alkyl halides is 1. The van der Waals surface area contributed by atoms with Gasteiger partial charge in [0.05, 0.1) is 6.61 Å². The lowest BCUT2D eigenvalue weighted by molar-refractivity contribution is -0.115. The second-order valence-electron chi connectivity index (χ2n) is 3.80. The topological polar surface area (TPSA) is 52.6 Å². The molecule has 0 fully saturated rings. The highest BCUT2D eigenvalue weighted by atomic mass is 35.5. The zero-order valence-electron chi connectivity index (χ0n) is 9.98. The Labute approximate surface area is 106 Å². The molecule has 0 saturated heterocycles. The summed E-state index contributed by atoms with van der Waals surface area (Å²) in [6.45, 7) is 2.26. The molecule has 0 saturated carbocycles. The molecule has 0 aliphatic heterocycles. The molecule has 0 bridgehead atoms. The van der Waals surface area contributed by atoms with Crippen LogP contribution >= 0.6 is 11.6 Å². The number of nitrogens with zero attached hydrogens (tertiary/aromatic N) is 1. The van der Waals surface area contributed by atoms with Crippen LogP contribution in [0.4, 0.5) is 11.4 Å². The monoisotopic (exact) mass is 256 g/mol.